The summed E-state index contributed by atoms with van der Waals surface area (Å²) in [6.45, 7) is 0. The van der Waals surface area contributed by atoms with Crippen LogP contribution in [0.4, 0.5) is 5.69 Å². The zero-order valence-electron chi connectivity index (χ0n) is 19.4. The van der Waals surface area contributed by atoms with Crippen molar-refractivity contribution in [2.24, 2.45) is 0 Å². The van der Waals surface area contributed by atoms with Crippen LogP contribution in [0.5, 0.6) is 5.75 Å². The lowest BCUT2D eigenvalue weighted by Gasteiger charge is -2.11. The van der Waals surface area contributed by atoms with Crippen LogP contribution in [-0.2, 0) is 4.79 Å². The first-order chi connectivity index (χ1) is 17.6. The molecule has 0 spiro atoms. The van der Waals surface area contributed by atoms with E-state index in [4.69, 9.17) is 10.6 Å². The number of ether oxygens (including phenoxy) is 1. The Morgan fingerprint density at radius 2 is 1.75 bits per heavy atom. The van der Waals surface area contributed by atoms with Crippen molar-refractivity contribution in [1.29, 1.82) is 0 Å². The van der Waals surface area contributed by atoms with Crippen molar-refractivity contribution >= 4 is 23.4 Å². The quantitative estimate of drug-likeness (QED) is 0.214. The highest BCUT2D eigenvalue weighted by Gasteiger charge is 2.17. The van der Waals surface area contributed by atoms with Crippen molar-refractivity contribution in [1.82, 2.24) is 25.1 Å². The number of benzene rings is 3. The number of aromatic nitrogens is 5. The first-order valence-electron chi connectivity index (χ1n) is 11.1. The molecule has 0 unspecified atom stereocenters. The summed E-state index contributed by atoms with van der Waals surface area (Å²) >= 11 is 1.20. The molecule has 0 saturated carbocycles. The van der Waals surface area contributed by atoms with Crippen LogP contribution in [0.3, 0.4) is 0 Å². The number of rotatable bonds is 8. The van der Waals surface area contributed by atoms with E-state index in [1.54, 1.807) is 7.11 Å². The number of nitrogens with one attached hydrogen (secondary N) is 2. The number of anilines is 1. The van der Waals surface area contributed by atoms with Gasteiger partial charge in [0.15, 0.2) is 0 Å². The fraction of sp³-hybridized carbons (Fsp3) is 0.0769. The van der Waals surface area contributed by atoms with Gasteiger partial charge in [-0.25, -0.2) is 4.68 Å². The number of aromatic amines is 1. The number of nitrogens with zero attached hydrogens (tertiary/aromatic N) is 4. The molecular formula is C26H23N7O2S. The second-order valence-corrected chi connectivity index (χ2v) is 8.76. The monoisotopic (exact) mass is 497 g/mol. The van der Waals surface area contributed by atoms with Gasteiger partial charge in [-0.15, -0.1) is 10.2 Å². The minimum Gasteiger partial charge on any atom is -0.497 e. The lowest BCUT2D eigenvalue weighted by molar-refractivity contribution is -0.113. The molecule has 0 aliphatic heterocycles. The molecule has 0 aliphatic rings. The van der Waals surface area contributed by atoms with Gasteiger partial charge >= 0.3 is 0 Å². The van der Waals surface area contributed by atoms with Gasteiger partial charge in [0, 0.05) is 16.8 Å². The molecule has 36 heavy (non-hydrogen) atoms. The molecule has 0 aliphatic carbocycles. The Labute approximate surface area is 211 Å². The van der Waals surface area contributed by atoms with E-state index >= 15 is 0 Å². The first-order valence-corrected chi connectivity index (χ1v) is 12.1. The smallest absolute Gasteiger partial charge is 0.234 e. The van der Waals surface area contributed by atoms with Gasteiger partial charge in [-0.2, -0.15) is 5.10 Å². The molecule has 0 atom stereocenters. The van der Waals surface area contributed by atoms with Crippen molar-refractivity contribution in [3.05, 3.63) is 84.9 Å². The number of para-hydroxylation sites is 1. The summed E-state index contributed by atoms with van der Waals surface area (Å²) in [6, 6.07) is 27.0. The lowest BCUT2D eigenvalue weighted by Crippen LogP contribution is -2.17. The van der Waals surface area contributed by atoms with Gasteiger partial charge < -0.3 is 15.9 Å². The van der Waals surface area contributed by atoms with Crippen LogP contribution < -0.4 is 15.9 Å². The fourth-order valence-electron chi connectivity index (χ4n) is 3.68. The van der Waals surface area contributed by atoms with Crippen LogP contribution >= 0.6 is 11.8 Å². The van der Waals surface area contributed by atoms with E-state index in [0.717, 1.165) is 33.8 Å². The minimum absolute atomic E-state index is 0.124. The SMILES string of the molecule is COc1ccc(-c2cc(-c3nnc(SCC(=O)Nc4ccccc4-c4ccccc4)n3N)[nH]n2)cc1. The number of H-pyrrole nitrogens is 1. The summed E-state index contributed by atoms with van der Waals surface area (Å²) in [5.41, 5.74) is 5.00. The highest BCUT2D eigenvalue weighted by molar-refractivity contribution is 7.99. The maximum Gasteiger partial charge on any atom is 0.234 e. The standard InChI is InChI=1S/C26H23N7O2S/c1-35-19-13-11-18(12-14-19)22-15-23(30-29-22)25-31-32-26(33(25)27)36-16-24(34)28-21-10-6-5-9-20(21)17-7-3-2-4-8-17/h2-15H,16,27H2,1H3,(H,28,34)(H,29,30). The molecule has 180 valence electrons. The molecule has 9 nitrogen and oxygen atoms in total. The molecule has 2 aromatic heterocycles. The van der Waals surface area contributed by atoms with Gasteiger partial charge in [-0.3, -0.25) is 9.89 Å². The molecule has 3 aromatic carbocycles. The van der Waals surface area contributed by atoms with E-state index in [9.17, 15) is 4.79 Å². The molecule has 2 heterocycles. The van der Waals surface area contributed by atoms with E-state index in [2.05, 4.69) is 25.7 Å². The van der Waals surface area contributed by atoms with Crippen molar-refractivity contribution in [2.45, 2.75) is 5.16 Å². The number of nitrogens with two attached hydrogens (primary N) is 1. The van der Waals surface area contributed by atoms with Gasteiger partial charge in [-0.1, -0.05) is 60.3 Å². The molecule has 10 heteroatoms. The van der Waals surface area contributed by atoms with Gasteiger partial charge in [-0.05, 0) is 42.0 Å². The Morgan fingerprint density at radius 3 is 2.53 bits per heavy atom. The van der Waals surface area contributed by atoms with E-state index in [1.807, 2.05) is 84.9 Å². The summed E-state index contributed by atoms with van der Waals surface area (Å²) in [5.74, 6) is 7.37. The van der Waals surface area contributed by atoms with Crippen LogP contribution in [0.25, 0.3) is 33.9 Å². The van der Waals surface area contributed by atoms with Crippen molar-refractivity contribution in [3.63, 3.8) is 0 Å². The van der Waals surface area contributed by atoms with E-state index < -0.39 is 0 Å². The number of hydrogen-bond acceptors (Lipinski definition) is 7. The molecule has 4 N–H and O–H groups in total. The molecule has 5 aromatic rings. The Hall–Kier alpha value is -4.57. The van der Waals surface area contributed by atoms with E-state index in [1.165, 1.54) is 16.4 Å². The van der Waals surface area contributed by atoms with Crippen LogP contribution in [-0.4, -0.2) is 43.8 Å². The molecule has 0 radical (unpaired) electrons. The van der Waals surface area contributed by atoms with Crippen molar-refractivity contribution < 1.29 is 9.53 Å². The maximum absolute atomic E-state index is 12.7. The summed E-state index contributed by atoms with van der Waals surface area (Å²) in [4.78, 5) is 12.7. The largest absolute Gasteiger partial charge is 0.497 e. The van der Waals surface area contributed by atoms with Crippen LogP contribution in [0.1, 0.15) is 0 Å². The molecule has 1 amide bonds. The number of amides is 1. The number of methoxy groups -OCH3 is 1. The predicted molar refractivity (Wildman–Crippen MR) is 141 cm³/mol. The third-order valence-corrected chi connectivity index (χ3v) is 6.43. The molecule has 0 saturated heterocycles. The van der Waals surface area contributed by atoms with E-state index in [0.29, 0.717) is 16.7 Å². The Morgan fingerprint density at radius 1 is 1.00 bits per heavy atom. The number of carbonyl (C=O) groups excluding carboxylic acids is 1. The van der Waals surface area contributed by atoms with Crippen molar-refractivity contribution in [2.75, 3.05) is 24.0 Å². The molecular weight excluding hydrogens is 474 g/mol. The predicted octanol–water partition coefficient (Wildman–Crippen LogP) is 4.46. The topological polar surface area (TPSA) is 124 Å². The third kappa shape index (κ3) is 4.93. The van der Waals surface area contributed by atoms with Gasteiger partial charge in [0.2, 0.25) is 16.9 Å². The number of nitrogen functional groups attached to an aromatic ring is 1. The lowest BCUT2D eigenvalue weighted by atomic mass is 10.0. The van der Waals surface area contributed by atoms with Gasteiger partial charge in [0.05, 0.1) is 18.6 Å². The van der Waals surface area contributed by atoms with Gasteiger partial charge in [0.25, 0.3) is 0 Å². The minimum atomic E-state index is -0.170. The maximum atomic E-state index is 12.7. The third-order valence-electron chi connectivity index (χ3n) is 5.49. The first kappa shape index (κ1) is 23.2. The van der Waals surface area contributed by atoms with E-state index in [-0.39, 0.29) is 11.7 Å². The summed E-state index contributed by atoms with van der Waals surface area (Å²) < 4.78 is 6.55. The Bertz CT molecular complexity index is 1480. The van der Waals surface area contributed by atoms with Crippen LogP contribution in [0.15, 0.2) is 90.1 Å². The average Bonchev–Trinajstić information content (AvgIpc) is 3.55. The summed E-state index contributed by atoms with van der Waals surface area (Å²) in [7, 11) is 1.62. The second kappa shape index (κ2) is 10.4. The number of carbonyl (C=O) groups is 1. The van der Waals surface area contributed by atoms with Gasteiger partial charge in [0.1, 0.15) is 11.4 Å². The molecule has 5 rings (SSSR count). The zero-order valence-corrected chi connectivity index (χ0v) is 20.2. The number of thioether (sulfide) groups is 1. The summed E-state index contributed by atoms with van der Waals surface area (Å²) in [6.07, 6.45) is 0. The Kier molecular flexibility index (Phi) is 6.67. The zero-order chi connectivity index (χ0) is 24.9. The highest BCUT2D eigenvalue weighted by atomic mass is 32.2. The average molecular weight is 498 g/mol. The molecule has 0 fully saturated rings. The Balaban J connectivity index is 1.25. The fourth-order valence-corrected chi connectivity index (χ4v) is 4.34. The van der Waals surface area contributed by atoms with Crippen molar-refractivity contribution in [3.8, 4) is 39.7 Å². The highest BCUT2D eigenvalue weighted by Crippen LogP contribution is 2.29. The normalized spacial score (nSPS) is 10.8. The second-order valence-electron chi connectivity index (χ2n) is 7.82. The summed E-state index contributed by atoms with van der Waals surface area (Å²) in [5, 5.41) is 19.0. The van der Waals surface area contributed by atoms with Crippen LogP contribution in [0, 0.1) is 0 Å². The number of hydrogen-bond donors (Lipinski definition) is 3. The molecule has 0 bridgehead atoms. The van der Waals surface area contributed by atoms with Crippen LogP contribution in [0.2, 0.25) is 0 Å².